The lowest BCUT2D eigenvalue weighted by Crippen LogP contribution is -2.52. The smallest absolute Gasteiger partial charge is 0.336 e. The monoisotopic (exact) mass is 424 g/mol. The molecule has 1 atom stereocenters. The van der Waals surface area contributed by atoms with Crippen LogP contribution >= 0.6 is 22.6 Å². The molecule has 1 aromatic carbocycles. The van der Waals surface area contributed by atoms with Crippen molar-refractivity contribution >= 4 is 38.6 Å². The van der Waals surface area contributed by atoms with Crippen molar-refractivity contribution in [3.05, 3.63) is 27.3 Å². The largest absolute Gasteiger partial charge is 0.478 e. The summed E-state index contributed by atoms with van der Waals surface area (Å²) in [5, 5.41) is 9.13. The van der Waals surface area contributed by atoms with Crippen LogP contribution in [0, 0.1) is 3.57 Å². The first-order valence-electron chi connectivity index (χ1n) is 6.46. The van der Waals surface area contributed by atoms with E-state index in [-0.39, 0.29) is 16.5 Å². The van der Waals surface area contributed by atoms with Crippen LogP contribution in [0.25, 0.3) is 0 Å². The fraction of sp³-hybridized carbons (Fsp3) is 0.462. The Kier molecular flexibility index (Phi) is 4.91. The number of piperazine rings is 1. The zero-order valence-corrected chi connectivity index (χ0v) is 14.8. The molecule has 1 unspecified atom stereocenters. The van der Waals surface area contributed by atoms with Crippen LogP contribution in [0.4, 0.5) is 0 Å². The normalized spacial score (nSPS) is 21.4. The summed E-state index contributed by atoms with van der Waals surface area (Å²) in [4.78, 5) is 13.3. The summed E-state index contributed by atoms with van der Waals surface area (Å²) < 4.78 is 27.4. The minimum Gasteiger partial charge on any atom is -0.478 e. The molecule has 8 heteroatoms. The molecule has 1 aliphatic heterocycles. The Morgan fingerprint density at radius 2 is 2.05 bits per heavy atom. The highest BCUT2D eigenvalue weighted by Gasteiger charge is 2.33. The van der Waals surface area contributed by atoms with Gasteiger partial charge in [-0.2, -0.15) is 4.31 Å². The SMILES string of the molecule is CC1CN(C)CCN1S(=O)(=O)c1ccc(I)c(C(=O)O)c1. The summed E-state index contributed by atoms with van der Waals surface area (Å²) in [6.07, 6.45) is 0. The molecular formula is C13H17IN2O4S. The van der Waals surface area contributed by atoms with Gasteiger partial charge in [0.05, 0.1) is 10.5 Å². The predicted octanol–water partition coefficient (Wildman–Crippen LogP) is 1.31. The predicted molar refractivity (Wildman–Crippen MR) is 87.0 cm³/mol. The molecule has 1 saturated heterocycles. The third kappa shape index (κ3) is 3.38. The minimum atomic E-state index is -3.67. The van der Waals surface area contributed by atoms with Gasteiger partial charge in [-0.15, -0.1) is 0 Å². The topological polar surface area (TPSA) is 77.9 Å². The summed E-state index contributed by atoms with van der Waals surface area (Å²) >= 11 is 1.89. The van der Waals surface area contributed by atoms with E-state index >= 15 is 0 Å². The molecule has 0 spiro atoms. The summed E-state index contributed by atoms with van der Waals surface area (Å²) in [7, 11) is -1.72. The first-order valence-corrected chi connectivity index (χ1v) is 8.98. The Morgan fingerprint density at radius 1 is 1.38 bits per heavy atom. The van der Waals surface area contributed by atoms with E-state index in [0.29, 0.717) is 23.2 Å². The molecule has 0 radical (unpaired) electrons. The molecule has 0 amide bonds. The van der Waals surface area contributed by atoms with E-state index in [4.69, 9.17) is 5.11 Å². The molecule has 1 aromatic rings. The zero-order valence-electron chi connectivity index (χ0n) is 11.8. The second-order valence-corrected chi connectivity index (χ2v) is 8.23. The van der Waals surface area contributed by atoms with Crippen LogP contribution in [0.3, 0.4) is 0 Å². The van der Waals surface area contributed by atoms with Gasteiger partial charge in [-0.25, -0.2) is 13.2 Å². The number of benzene rings is 1. The van der Waals surface area contributed by atoms with E-state index in [1.54, 1.807) is 0 Å². The number of hydrogen-bond acceptors (Lipinski definition) is 4. The minimum absolute atomic E-state index is 0.0125. The van der Waals surface area contributed by atoms with Gasteiger partial charge in [0.2, 0.25) is 10.0 Å². The number of hydrogen-bond donors (Lipinski definition) is 1. The number of nitrogens with zero attached hydrogens (tertiary/aromatic N) is 2. The van der Waals surface area contributed by atoms with Crippen LogP contribution in [-0.2, 0) is 10.0 Å². The molecule has 116 valence electrons. The van der Waals surface area contributed by atoms with Crippen molar-refractivity contribution in [2.75, 3.05) is 26.7 Å². The Labute approximate surface area is 137 Å². The number of likely N-dealkylation sites (N-methyl/N-ethyl adjacent to an activating group) is 1. The highest BCUT2D eigenvalue weighted by molar-refractivity contribution is 14.1. The Morgan fingerprint density at radius 3 is 2.62 bits per heavy atom. The van der Waals surface area contributed by atoms with Gasteiger partial charge in [-0.1, -0.05) is 0 Å². The second kappa shape index (κ2) is 6.19. The van der Waals surface area contributed by atoms with E-state index in [1.807, 2.05) is 36.6 Å². The molecule has 0 aliphatic carbocycles. The van der Waals surface area contributed by atoms with Gasteiger partial charge in [0.1, 0.15) is 0 Å². The molecule has 0 saturated carbocycles. The lowest BCUT2D eigenvalue weighted by molar-refractivity contribution is 0.0695. The molecule has 2 rings (SSSR count). The number of rotatable bonds is 3. The molecule has 1 heterocycles. The van der Waals surface area contributed by atoms with Crippen molar-refractivity contribution < 1.29 is 18.3 Å². The van der Waals surface area contributed by atoms with Crippen molar-refractivity contribution in [1.29, 1.82) is 0 Å². The summed E-state index contributed by atoms with van der Waals surface area (Å²) in [5.74, 6) is -1.12. The average Bonchev–Trinajstić information content (AvgIpc) is 2.38. The van der Waals surface area contributed by atoms with Crippen molar-refractivity contribution in [2.45, 2.75) is 17.9 Å². The van der Waals surface area contributed by atoms with Crippen molar-refractivity contribution in [2.24, 2.45) is 0 Å². The van der Waals surface area contributed by atoms with Gasteiger partial charge in [0, 0.05) is 29.2 Å². The summed E-state index contributed by atoms with van der Waals surface area (Å²) in [6, 6.07) is 4.10. The molecule has 0 aromatic heterocycles. The van der Waals surface area contributed by atoms with Crippen molar-refractivity contribution in [1.82, 2.24) is 9.21 Å². The number of carboxylic acid groups (broad SMARTS) is 1. The van der Waals surface area contributed by atoms with Crippen LogP contribution in [-0.4, -0.2) is 61.4 Å². The lowest BCUT2D eigenvalue weighted by atomic mass is 10.2. The van der Waals surface area contributed by atoms with Gasteiger partial charge < -0.3 is 10.0 Å². The van der Waals surface area contributed by atoms with E-state index in [9.17, 15) is 13.2 Å². The Balaban J connectivity index is 2.40. The molecule has 1 N–H and O–H groups in total. The fourth-order valence-electron chi connectivity index (χ4n) is 2.44. The van der Waals surface area contributed by atoms with Gasteiger partial charge in [0.25, 0.3) is 0 Å². The first-order chi connectivity index (χ1) is 9.73. The highest BCUT2D eigenvalue weighted by Crippen LogP contribution is 2.24. The second-order valence-electron chi connectivity index (χ2n) is 5.17. The fourth-order valence-corrected chi connectivity index (χ4v) is 4.65. The van der Waals surface area contributed by atoms with Crippen LogP contribution in [0.5, 0.6) is 0 Å². The van der Waals surface area contributed by atoms with Crippen molar-refractivity contribution in [3.63, 3.8) is 0 Å². The van der Waals surface area contributed by atoms with E-state index in [1.165, 1.54) is 22.5 Å². The third-order valence-electron chi connectivity index (χ3n) is 3.54. The maximum absolute atomic E-state index is 12.7. The molecule has 21 heavy (non-hydrogen) atoms. The van der Waals surface area contributed by atoms with Gasteiger partial charge in [-0.05, 0) is 54.8 Å². The van der Waals surface area contributed by atoms with E-state index in [0.717, 1.165) is 0 Å². The molecule has 1 aliphatic rings. The Hall–Kier alpha value is -0.710. The number of aromatic carboxylic acids is 1. The Bertz CT molecular complexity index is 662. The van der Waals surface area contributed by atoms with Crippen LogP contribution in [0.2, 0.25) is 0 Å². The molecular weight excluding hydrogens is 407 g/mol. The standard InChI is InChI=1S/C13H17IN2O4S/c1-9-8-15(2)5-6-16(9)21(19,20)10-3-4-12(14)11(7-10)13(17)18/h3-4,7,9H,5-6,8H2,1-2H3,(H,17,18). The maximum Gasteiger partial charge on any atom is 0.336 e. The first kappa shape index (κ1) is 16.7. The van der Waals surface area contributed by atoms with Gasteiger partial charge >= 0.3 is 5.97 Å². The summed E-state index contributed by atoms with van der Waals surface area (Å²) in [6.45, 7) is 3.60. The van der Waals surface area contributed by atoms with Gasteiger partial charge in [0.15, 0.2) is 0 Å². The number of carboxylic acids is 1. The molecule has 6 nitrogen and oxygen atoms in total. The number of sulfonamides is 1. The third-order valence-corrected chi connectivity index (χ3v) is 6.49. The zero-order chi connectivity index (χ0) is 15.8. The quantitative estimate of drug-likeness (QED) is 0.741. The number of carbonyl (C=O) groups is 1. The van der Waals surface area contributed by atoms with Gasteiger partial charge in [-0.3, -0.25) is 0 Å². The van der Waals surface area contributed by atoms with Crippen LogP contribution < -0.4 is 0 Å². The van der Waals surface area contributed by atoms with E-state index < -0.39 is 16.0 Å². The highest BCUT2D eigenvalue weighted by atomic mass is 127. The van der Waals surface area contributed by atoms with Crippen LogP contribution in [0.15, 0.2) is 23.1 Å². The van der Waals surface area contributed by atoms with E-state index in [2.05, 4.69) is 4.90 Å². The maximum atomic E-state index is 12.7. The molecule has 1 fully saturated rings. The summed E-state index contributed by atoms with van der Waals surface area (Å²) in [5.41, 5.74) is 0.0125. The van der Waals surface area contributed by atoms with Crippen molar-refractivity contribution in [3.8, 4) is 0 Å². The lowest BCUT2D eigenvalue weighted by Gasteiger charge is -2.37. The number of halogens is 1. The van der Waals surface area contributed by atoms with Crippen LogP contribution in [0.1, 0.15) is 17.3 Å². The molecule has 0 bridgehead atoms. The average molecular weight is 424 g/mol.